The van der Waals surface area contributed by atoms with Crippen molar-refractivity contribution in [2.75, 3.05) is 18.0 Å². The second-order valence-electron chi connectivity index (χ2n) is 6.14. The molecule has 5 nitrogen and oxygen atoms in total. The summed E-state index contributed by atoms with van der Waals surface area (Å²) in [6.07, 6.45) is 5.25. The van der Waals surface area contributed by atoms with Gasteiger partial charge in [0.1, 0.15) is 5.82 Å². The molecule has 132 valence electrons. The monoisotopic (exact) mass is 350 g/mol. The van der Waals surface area contributed by atoms with Crippen molar-refractivity contribution in [3.8, 4) is 6.07 Å². The first kappa shape index (κ1) is 17.6. The lowest BCUT2D eigenvalue weighted by atomic mass is 10.1. The zero-order chi connectivity index (χ0) is 18.4. The van der Waals surface area contributed by atoms with E-state index in [4.69, 9.17) is 5.26 Å². The van der Waals surface area contributed by atoms with Crippen LogP contribution in [0.5, 0.6) is 0 Å². The first-order chi connectivity index (χ1) is 12.7. The third-order valence-corrected chi connectivity index (χ3v) is 4.34. The summed E-state index contributed by atoms with van der Waals surface area (Å²) in [7, 11) is 0. The minimum absolute atomic E-state index is 0.151. The van der Waals surface area contributed by atoms with Crippen LogP contribution in [0.3, 0.4) is 0 Å². The molecule has 1 aliphatic heterocycles. The number of hydrazone groups is 1. The molecule has 0 aliphatic carbocycles. The smallest absolute Gasteiger partial charge is 0.274 e. The Morgan fingerprint density at radius 1 is 1.15 bits per heavy atom. The Balaban J connectivity index is 1.59. The van der Waals surface area contributed by atoms with Crippen LogP contribution in [0.1, 0.15) is 40.7 Å². The Labute approximate surface area is 151 Å². The summed E-state index contributed by atoms with van der Waals surface area (Å²) >= 11 is 0. The third-order valence-electron chi connectivity index (χ3n) is 4.34. The summed E-state index contributed by atoms with van der Waals surface area (Å²) in [5.74, 6) is -1.41. The lowest BCUT2D eigenvalue weighted by Crippen LogP contribution is -2.29. The van der Waals surface area contributed by atoms with E-state index < -0.39 is 11.7 Å². The van der Waals surface area contributed by atoms with Gasteiger partial charge in [-0.3, -0.25) is 4.79 Å². The van der Waals surface area contributed by atoms with Gasteiger partial charge in [-0.2, -0.15) is 10.4 Å². The molecule has 1 fully saturated rings. The Morgan fingerprint density at radius 3 is 2.54 bits per heavy atom. The molecule has 2 aromatic rings. The van der Waals surface area contributed by atoms with Crippen molar-refractivity contribution in [1.29, 1.82) is 5.26 Å². The number of carbonyl (C=O) groups excluding carboxylic acids is 1. The van der Waals surface area contributed by atoms with Gasteiger partial charge in [0.05, 0.1) is 23.4 Å². The van der Waals surface area contributed by atoms with Gasteiger partial charge in [-0.1, -0.05) is 12.1 Å². The zero-order valence-electron chi connectivity index (χ0n) is 14.3. The number of rotatable bonds is 4. The van der Waals surface area contributed by atoms with Crippen molar-refractivity contribution in [3.63, 3.8) is 0 Å². The lowest BCUT2D eigenvalue weighted by molar-refractivity contribution is 0.0951. The minimum atomic E-state index is -0.748. The van der Waals surface area contributed by atoms with E-state index in [0.29, 0.717) is 0 Å². The molecule has 0 saturated carbocycles. The van der Waals surface area contributed by atoms with Gasteiger partial charge in [0.25, 0.3) is 5.91 Å². The van der Waals surface area contributed by atoms with E-state index >= 15 is 0 Å². The maximum atomic E-state index is 13.8. The molecule has 6 heteroatoms. The average molecular weight is 350 g/mol. The first-order valence-electron chi connectivity index (χ1n) is 8.55. The van der Waals surface area contributed by atoms with Crippen LogP contribution in [-0.2, 0) is 0 Å². The first-order valence-corrected chi connectivity index (χ1v) is 8.55. The topological polar surface area (TPSA) is 68.5 Å². The van der Waals surface area contributed by atoms with E-state index in [1.165, 1.54) is 43.3 Å². The summed E-state index contributed by atoms with van der Waals surface area (Å²) in [6.45, 7) is 2.17. The summed E-state index contributed by atoms with van der Waals surface area (Å²) in [5, 5.41) is 12.6. The molecule has 1 N–H and O–H groups in total. The molecule has 3 rings (SSSR count). The fourth-order valence-electron chi connectivity index (χ4n) is 2.92. The number of nitriles is 1. The number of hydrogen-bond acceptors (Lipinski definition) is 4. The molecule has 0 spiro atoms. The number of nitrogens with one attached hydrogen (secondary N) is 1. The maximum Gasteiger partial charge on any atom is 0.274 e. The van der Waals surface area contributed by atoms with E-state index in [2.05, 4.69) is 15.4 Å². The molecule has 2 aromatic carbocycles. The molecule has 26 heavy (non-hydrogen) atoms. The van der Waals surface area contributed by atoms with Crippen LogP contribution in [0.25, 0.3) is 0 Å². The highest BCUT2D eigenvalue weighted by atomic mass is 19.1. The van der Waals surface area contributed by atoms with Crippen molar-refractivity contribution in [3.05, 3.63) is 65.0 Å². The van der Waals surface area contributed by atoms with Gasteiger partial charge in [-0.05, 0) is 55.2 Å². The number of benzene rings is 2. The molecule has 0 atom stereocenters. The Kier molecular flexibility index (Phi) is 5.59. The second kappa shape index (κ2) is 8.26. The normalized spacial score (nSPS) is 14.2. The Morgan fingerprint density at radius 2 is 1.88 bits per heavy atom. The Hall–Kier alpha value is -3.20. The van der Waals surface area contributed by atoms with Crippen LogP contribution in [0, 0.1) is 17.1 Å². The molecule has 1 aliphatic rings. The van der Waals surface area contributed by atoms with Gasteiger partial charge in [-0.25, -0.2) is 9.82 Å². The summed E-state index contributed by atoms with van der Waals surface area (Å²) in [6, 6.07) is 13.4. The highest BCUT2D eigenvalue weighted by Gasteiger charge is 2.12. The lowest BCUT2D eigenvalue weighted by Gasteiger charge is -2.28. The van der Waals surface area contributed by atoms with Gasteiger partial charge < -0.3 is 4.90 Å². The van der Waals surface area contributed by atoms with E-state index in [9.17, 15) is 9.18 Å². The van der Waals surface area contributed by atoms with Crippen LogP contribution in [0.15, 0.2) is 47.6 Å². The van der Waals surface area contributed by atoms with Gasteiger partial charge in [0.15, 0.2) is 0 Å². The van der Waals surface area contributed by atoms with Crippen LogP contribution in [0.4, 0.5) is 10.1 Å². The molecule has 0 radical (unpaired) electrons. The highest BCUT2D eigenvalue weighted by Crippen LogP contribution is 2.19. The van der Waals surface area contributed by atoms with E-state index in [1.54, 1.807) is 0 Å². The second-order valence-corrected chi connectivity index (χ2v) is 6.14. The largest absolute Gasteiger partial charge is 0.372 e. The van der Waals surface area contributed by atoms with Gasteiger partial charge in [0, 0.05) is 18.8 Å². The van der Waals surface area contributed by atoms with Crippen molar-refractivity contribution >= 4 is 17.8 Å². The standard InChI is InChI=1S/C20H19FN4O/c21-19-12-16(13-22)6-9-18(19)20(26)24-23-14-15-4-7-17(8-5-15)25-10-2-1-3-11-25/h4-9,12,14H,1-3,10-11H2,(H,24,26)/b23-14+. The number of hydrogen-bond donors (Lipinski definition) is 1. The van der Waals surface area contributed by atoms with Crippen LogP contribution in [-0.4, -0.2) is 25.2 Å². The molecule has 0 bridgehead atoms. The number of carbonyl (C=O) groups is 1. The molecule has 0 aromatic heterocycles. The van der Waals surface area contributed by atoms with Crippen molar-refractivity contribution in [2.45, 2.75) is 19.3 Å². The van der Waals surface area contributed by atoms with E-state index in [0.717, 1.165) is 24.7 Å². The number of amides is 1. The maximum absolute atomic E-state index is 13.8. The van der Waals surface area contributed by atoms with Crippen molar-refractivity contribution < 1.29 is 9.18 Å². The predicted molar refractivity (Wildman–Crippen MR) is 98.7 cm³/mol. The molecule has 1 saturated heterocycles. The quantitative estimate of drug-likeness (QED) is 0.678. The van der Waals surface area contributed by atoms with Crippen LogP contribution in [0.2, 0.25) is 0 Å². The summed E-state index contributed by atoms with van der Waals surface area (Å²) in [4.78, 5) is 14.3. The molecular weight excluding hydrogens is 331 g/mol. The third kappa shape index (κ3) is 4.25. The SMILES string of the molecule is N#Cc1ccc(C(=O)N/N=C/c2ccc(N3CCCCC3)cc2)c(F)c1. The average Bonchev–Trinajstić information content (AvgIpc) is 2.69. The van der Waals surface area contributed by atoms with Crippen LogP contribution < -0.4 is 10.3 Å². The van der Waals surface area contributed by atoms with Crippen molar-refractivity contribution in [2.24, 2.45) is 5.10 Å². The van der Waals surface area contributed by atoms with Gasteiger partial charge >= 0.3 is 0 Å². The highest BCUT2D eigenvalue weighted by molar-refractivity contribution is 5.95. The predicted octanol–water partition coefficient (Wildman–Crippen LogP) is 3.45. The number of anilines is 1. The molecule has 1 heterocycles. The summed E-state index contributed by atoms with van der Waals surface area (Å²) in [5.41, 5.74) is 4.34. The summed E-state index contributed by atoms with van der Waals surface area (Å²) < 4.78 is 13.8. The molecular formula is C20H19FN4O. The van der Waals surface area contributed by atoms with Gasteiger partial charge in [0.2, 0.25) is 0 Å². The van der Waals surface area contributed by atoms with Gasteiger partial charge in [-0.15, -0.1) is 0 Å². The number of halogens is 1. The van der Waals surface area contributed by atoms with Crippen LogP contribution >= 0.6 is 0 Å². The number of piperidine rings is 1. The molecule has 0 unspecified atom stereocenters. The minimum Gasteiger partial charge on any atom is -0.372 e. The van der Waals surface area contributed by atoms with E-state index in [1.807, 2.05) is 30.3 Å². The fraction of sp³-hybridized carbons (Fsp3) is 0.250. The van der Waals surface area contributed by atoms with E-state index in [-0.39, 0.29) is 11.1 Å². The number of nitrogens with zero attached hydrogens (tertiary/aromatic N) is 3. The van der Waals surface area contributed by atoms with Crippen molar-refractivity contribution in [1.82, 2.24) is 5.43 Å². The molecule has 1 amide bonds. The Bertz CT molecular complexity index is 849. The zero-order valence-corrected chi connectivity index (χ0v) is 14.3. The fourth-order valence-corrected chi connectivity index (χ4v) is 2.92.